The van der Waals surface area contributed by atoms with Crippen molar-refractivity contribution in [3.8, 4) is 5.75 Å². The molecule has 0 aromatic heterocycles. The molecular formula is C13H18O4. The Kier molecular flexibility index (Phi) is 5.66. The summed E-state index contributed by atoms with van der Waals surface area (Å²) in [6.07, 6.45) is -0.187. The van der Waals surface area contributed by atoms with Crippen molar-refractivity contribution in [2.24, 2.45) is 0 Å². The van der Waals surface area contributed by atoms with Crippen LogP contribution < -0.4 is 4.74 Å². The number of ketones is 1. The maximum Gasteiger partial charge on any atom is 0.158 e. The number of aliphatic hydroxyl groups is 1. The fourth-order valence-electron chi connectivity index (χ4n) is 1.44. The third-order valence-electron chi connectivity index (χ3n) is 2.45. The predicted octanol–water partition coefficient (Wildman–Crippen LogP) is 1.55. The van der Waals surface area contributed by atoms with Gasteiger partial charge in [-0.25, -0.2) is 0 Å². The van der Waals surface area contributed by atoms with Gasteiger partial charge in [-0.1, -0.05) is 12.1 Å². The molecular weight excluding hydrogens is 220 g/mol. The van der Waals surface area contributed by atoms with Gasteiger partial charge >= 0.3 is 0 Å². The summed E-state index contributed by atoms with van der Waals surface area (Å²) in [4.78, 5) is 11.2. The van der Waals surface area contributed by atoms with Gasteiger partial charge in [0.25, 0.3) is 0 Å². The molecule has 4 nitrogen and oxygen atoms in total. The number of methoxy groups -OCH3 is 1. The molecule has 0 aliphatic heterocycles. The van der Waals surface area contributed by atoms with Gasteiger partial charge in [0.15, 0.2) is 5.78 Å². The second-order valence-corrected chi connectivity index (χ2v) is 3.77. The molecule has 0 saturated heterocycles. The average Bonchev–Trinajstić information content (AvgIpc) is 2.34. The largest absolute Gasteiger partial charge is 0.497 e. The van der Waals surface area contributed by atoms with Crippen LogP contribution in [0, 0.1) is 0 Å². The van der Waals surface area contributed by atoms with E-state index < -0.39 is 6.10 Å². The molecule has 0 fully saturated rings. The minimum atomic E-state index is -0.526. The Balaban J connectivity index is 2.50. The molecule has 1 rings (SSSR count). The molecule has 0 aliphatic rings. The zero-order chi connectivity index (χ0) is 12.7. The second-order valence-electron chi connectivity index (χ2n) is 3.77. The summed E-state index contributed by atoms with van der Waals surface area (Å²) in [5, 5.41) is 8.80. The van der Waals surface area contributed by atoms with Crippen molar-refractivity contribution in [2.75, 3.05) is 13.7 Å². The topological polar surface area (TPSA) is 55.8 Å². The van der Waals surface area contributed by atoms with Crippen molar-refractivity contribution in [3.63, 3.8) is 0 Å². The predicted molar refractivity (Wildman–Crippen MR) is 64.0 cm³/mol. The summed E-state index contributed by atoms with van der Waals surface area (Å²) in [5.41, 5.74) is 0.968. The van der Waals surface area contributed by atoms with Gasteiger partial charge in [0.1, 0.15) is 11.9 Å². The van der Waals surface area contributed by atoms with Crippen LogP contribution in [0.4, 0.5) is 0 Å². The fraction of sp³-hybridized carbons (Fsp3) is 0.462. The van der Waals surface area contributed by atoms with Gasteiger partial charge in [-0.05, 0) is 24.6 Å². The zero-order valence-electron chi connectivity index (χ0n) is 10.2. The maximum absolute atomic E-state index is 11.2. The highest BCUT2D eigenvalue weighted by atomic mass is 16.5. The van der Waals surface area contributed by atoms with E-state index in [0.717, 1.165) is 11.3 Å². The molecule has 1 aromatic carbocycles. The van der Waals surface area contributed by atoms with E-state index in [1.54, 1.807) is 7.11 Å². The minimum absolute atomic E-state index is 0.0488. The summed E-state index contributed by atoms with van der Waals surface area (Å²) in [5.74, 6) is 0.722. The fourth-order valence-corrected chi connectivity index (χ4v) is 1.44. The van der Waals surface area contributed by atoms with Crippen molar-refractivity contribution in [3.05, 3.63) is 29.8 Å². The molecule has 0 spiro atoms. The summed E-state index contributed by atoms with van der Waals surface area (Å²) < 4.78 is 10.5. The Morgan fingerprint density at radius 3 is 2.47 bits per heavy atom. The Morgan fingerprint density at radius 1 is 1.35 bits per heavy atom. The van der Waals surface area contributed by atoms with Crippen LogP contribution in [-0.4, -0.2) is 30.7 Å². The smallest absolute Gasteiger partial charge is 0.158 e. The number of carbonyl (C=O) groups excluding carboxylic acids is 1. The van der Waals surface area contributed by atoms with E-state index >= 15 is 0 Å². The normalized spacial score (nSPS) is 12.2. The Labute approximate surface area is 101 Å². The quantitative estimate of drug-likeness (QED) is 0.783. The zero-order valence-corrected chi connectivity index (χ0v) is 10.2. The van der Waals surface area contributed by atoms with Gasteiger partial charge in [-0.3, -0.25) is 4.79 Å². The summed E-state index contributed by atoms with van der Waals surface area (Å²) in [6.45, 7) is 1.77. The first-order valence-electron chi connectivity index (χ1n) is 5.53. The molecule has 0 aliphatic carbocycles. The Morgan fingerprint density at radius 2 is 2.00 bits per heavy atom. The molecule has 4 heteroatoms. The molecule has 0 amide bonds. The lowest BCUT2D eigenvalue weighted by molar-refractivity contribution is -0.130. The van der Waals surface area contributed by atoms with E-state index in [2.05, 4.69) is 0 Å². The van der Waals surface area contributed by atoms with Crippen LogP contribution in [0.1, 0.15) is 18.9 Å². The molecule has 0 saturated carbocycles. The molecule has 1 atom stereocenters. The number of ether oxygens (including phenoxy) is 2. The standard InChI is InChI=1S/C13H18O4/c1-10(15)13(7-8-14)17-9-11-3-5-12(16-2)6-4-11/h3-6,13-14H,7-9H2,1-2H3/t13-/m0/s1. The third-order valence-corrected chi connectivity index (χ3v) is 2.45. The van der Waals surface area contributed by atoms with E-state index in [9.17, 15) is 4.79 Å². The molecule has 1 N–H and O–H groups in total. The van der Waals surface area contributed by atoms with Gasteiger partial charge in [0.05, 0.1) is 13.7 Å². The number of aliphatic hydroxyl groups excluding tert-OH is 1. The van der Waals surface area contributed by atoms with Crippen LogP contribution in [0.2, 0.25) is 0 Å². The minimum Gasteiger partial charge on any atom is -0.497 e. The van der Waals surface area contributed by atoms with Crippen molar-refractivity contribution >= 4 is 5.78 Å². The van der Waals surface area contributed by atoms with E-state index in [4.69, 9.17) is 14.6 Å². The van der Waals surface area contributed by atoms with Crippen LogP contribution >= 0.6 is 0 Å². The van der Waals surface area contributed by atoms with Gasteiger partial charge < -0.3 is 14.6 Å². The van der Waals surface area contributed by atoms with Crippen molar-refractivity contribution < 1.29 is 19.4 Å². The monoisotopic (exact) mass is 238 g/mol. The highest BCUT2D eigenvalue weighted by Crippen LogP contribution is 2.13. The van der Waals surface area contributed by atoms with Gasteiger partial charge in [0.2, 0.25) is 0 Å². The molecule has 1 aromatic rings. The lowest BCUT2D eigenvalue weighted by Crippen LogP contribution is -2.22. The Hall–Kier alpha value is -1.39. The molecule has 0 radical (unpaired) electrons. The molecule has 94 valence electrons. The number of rotatable bonds is 7. The third kappa shape index (κ3) is 4.54. The van der Waals surface area contributed by atoms with Crippen LogP contribution in [0.5, 0.6) is 5.75 Å². The van der Waals surface area contributed by atoms with Crippen LogP contribution in [0.25, 0.3) is 0 Å². The van der Waals surface area contributed by atoms with Crippen LogP contribution in [0.3, 0.4) is 0 Å². The number of hydrogen-bond acceptors (Lipinski definition) is 4. The summed E-state index contributed by atoms with van der Waals surface area (Å²) >= 11 is 0. The van der Waals surface area contributed by atoms with Crippen molar-refractivity contribution in [2.45, 2.75) is 26.1 Å². The number of hydrogen-bond donors (Lipinski definition) is 1. The van der Waals surface area contributed by atoms with Crippen LogP contribution in [0.15, 0.2) is 24.3 Å². The van der Waals surface area contributed by atoms with Gasteiger partial charge in [0, 0.05) is 13.0 Å². The highest BCUT2D eigenvalue weighted by Gasteiger charge is 2.13. The average molecular weight is 238 g/mol. The SMILES string of the molecule is COc1ccc(CO[C@@H](CCO)C(C)=O)cc1. The maximum atomic E-state index is 11.2. The van der Waals surface area contributed by atoms with Crippen LogP contribution in [-0.2, 0) is 16.1 Å². The second kappa shape index (κ2) is 7.04. The van der Waals surface area contributed by atoms with Gasteiger partial charge in [-0.2, -0.15) is 0 Å². The Bertz CT molecular complexity index is 345. The first-order chi connectivity index (χ1) is 8.17. The van der Waals surface area contributed by atoms with E-state index in [-0.39, 0.29) is 12.4 Å². The number of carbonyl (C=O) groups is 1. The first kappa shape index (κ1) is 13.7. The number of Topliss-reactive ketones (excluding diaryl/α,β-unsaturated/α-hetero) is 1. The molecule has 17 heavy (non-hydrogen) atoms. The molecule has 0 bridgehead atoms. The lowest BCUT2D eigenvalue weighted by Gasteiger charge is -2.13. The number of benzene rings is 1. The first-order valence-corrected chi connectivity index (χ1v) is 5.53. The highest BCUT2D eigenvalue weighted by molar-refractivity contribution is 5.80. The van der Waals surface area contributed by atoms with E-state index in [1.165, 1.54) is 6.92 Å². The van der Waals surface area contributed by atoms with E-state index in [1.807, 2.05) is 24.3 Å². The summed E-state index contributed by atoms with van der Waals surface area (Å²) in [6, 6.07) is 7.45. The lowest BCUT2D eigenvalue weighted by atomic mass is 10.2. The molecule has 0 heterocycles. The van der Waals surface area contributed by atoms with Crippen molar-refractivity contribution in [1.29, 1.82) is 0 Å². The summed E-state index contributed by atoms with van der Waals surface area (Å²) in [7, 11) is 1.61. The van der Waals surface area contributed by atoms with Crippen molar-refractivity contribution in [1.82, 2.24) is 0 Å². The van der Waals surface area contributed by atoms with E-state index in [0.29, 0.717) is 13.0 Å². The van der Waals surface area contributed by atoms with Gasteiger partial charge in [-0.15, -0.1) is 0 Å². The molecule has 0 unspecified atom stereocenters.